The lowest BCUT2D eigenvalue weighted by Crippen LogP contribution is -2.50. The first-order chi connectivity index (χ1) is 8.59. The van der Waals surface area contributed by atoms with E-state index >= 15 is 0 Å². The normalized spacial score (nSPS) is 17.8. The molecule has 18 heavy (non-hydrogen) atoms. The van der Waals surface area contributed by atoms with Crippen LogP contribution in [0.3, 0.4) is 0 Å². The van der Waals surface area contributed by atoms with Crippen LogP contribution < -0.4 is 11.1 Å². The van der Waals surface area contributed by atoms with Crippen LogP contribution in [0.1, 0.15) is 23.1 Å². The summed E-state index contributed by atoms with van der Waals surface area (Å²) >= 11 is 0. The van der Waals surface area contributed by atoms with E-state index in [-0.39, 0.29) is 0 Å². The van der Waals surface area contributed by atoms with Gasteiger partial charge in [0.2, 0.25) is 0 Å². The quantitative estimate of drug-likeness (QED) is 0.795. The first-order valence-corrected chi connectivity index (χ1v) is 6.35. The summed E-state index contributed by atoms with van der Waals surface area (Å²) in [6, 6.07) is 6.25. The van der Waals surface area contributed by atoms with Gasteiger partial charge in [0.25, 0.3) is 0 Å². The monoisotopic (exact) mass is 243 g/mol. The van der Waals surface area contributed by atoms with Gasteiger partial charge in [0.15, 0.2) is 0 Å². The van der Waals surface area contributed by atoms with Crippen LogP contribution in [-0.4, -0.2) is 18.9 Å². The van der Waals surface area contributed by atoms with Gasteiger partial charge in [-0.3, -0.25) is 4.99 Å². The Balaban J connectivity index is 2.53. The van der Waals surface area contributed by atoms with Crippen LogP contribution in [0.15, 0.2) is 35.8 Å². The third kappa shape index (κ3) is 2.06. The van der Waals surface area contributed by atoms with Crippen molar-refractivity contribution in [1.29, 1.82) is 0 Å². The topological polar surface area (TPSA) is 50.4 Å². The maximum Gasteiger partial charge on any atom is 0.122 e. The van der Waals surface area contributed by atoms with E-state index in [0.29, 0.717) is 6.42 Å². The fourth-order valence-corrected chi connectivity index (χ4v) is 2.49. The Labute approximate surface area is 109 Å². The van der Waals surface area contributed by atoms with Crippen molar-refractivity contribution in [2.24, 2.45) is 10.7 Å². The molecule has 3 N–H and O–H groups in total. The van der Waals surface area contributed by atoms with Crippen molar-refractivity contribution in [3.63, 3.8) is 0 Å². The molecule has 0 spiro atoms. The Morgan fingerprint density at radius 3 is 2.89 bits per heavy atom. The third-order valence-electron chi connectivity index (χ3n) is 3.65. The summed E-state index contributed by atoms with van der Waals surface area (Å²) in [6.07, 6.45) is 2.55. The molecular formula is C15H21N3. The average molecular weight is 243 g/mol. The van der Waals surface area contributed by atoms with Crippen LogP contribution in [0.25, 0.3) is 0 Å². The first-order valence-electron chi connectivity index (χ1n) is 6.35. The summed E-state index contributed by atoms with van der Waals surface area (Å²) < 4.78 is 0. The van der Waals surface area contributed by atoms with Gasteiger partial charge in [-0.15, -0.1) is 6.58 Å². The summed E-state index contributed by atoms with van der Waals surface area (Å²) in [6.45, 7) is 9.73. The molecule has 0 aromatic heterocycles. The van der Waals surface area contributed by atoms with Crippen molar-refractivity contribution >= 4 is 5.84 Å². The zero-order valence-electron chi connectivity index (χ0n) is 11.2. The molecular weight excluding hydrogens is 222 g/mol. The number of nitrogens with zero attached hydrogens (tertiary/aromatic N) is 1. The van der Waals surface area contributed by atoms with E-state index in [1.807, 2.05) is 6.08 Å². The smallest absolute Gasteiger partial charge is 0.122 e. The van der Waals surface area contributed by atoms with Crippen LogP contribution in [-0.2, 0) is 5.54 Å². The molecule has 2 rings (SSSR count). The third-order valence-corrected chi connectivity index (χ3v) is 3.65. The molecule has 0 aliphatic carbocycles. The zero-order valence-corrected chi connectivity index (χ0v) is 11.2. The van der Waals surface area contributed by atoms with Gasteiger partial charge < -0.3 is 11.1 Å². The van der Waals surface area contributed by atoms with Crippen molar-refractivity contribution in [3.8, 4) is 0 Å². The second-order valence-electron chi connectivity index (χ2n) is 4.87. The molecule has 1 unspecified atom stereocenters. The highest BCUT2D eigenvalue weighted by Crippen LogP contribution is 2.29. The standard InChI is InChI=1S/C15H21N3/c1-4-8-15(16,14-17-9-10-18-14)13-7-5-6-11(2)12(13)3/h4-7H,1,8-10,16H2,2-3H3,(H,17,18). The maximum atomic E-state index is 6.64. The molecule has 96 valence electrons. The number of aliphatic imine (C=N–C) groups is 1. The second kappa shape index (κ2) is 4.94. The highest BCUT2D eigenvalue weighted by atomic mass is 15.1. The van der Waals surface area contributed by atoms with E-state index in [1.165, 1.54) is 11.1 Å². The number of amidine groups is 1. The highest BCUT2D eigenvalue weighted by Gasteiger charge is 2.35. The Kier molecular flexibility index (Phi) is 3.53. The van der Waals surface area contributed by atoms with E-state index in [4.69, 9.17) is 5.73 Å². The van der Waals surface area contributed by atoms with E-state index in [1.54, 1.807) is 0 Å². The molecule has 1 aliphatic rings. The first kappa shape index (κ1) is 12.8. The van der Waals surface area contributed by atoms with Crippen molar-refractivity contribution in [2.45, 2.75) is 25.8 Å². The minimum atomic E-state index is -0.575. The number of hydrogen-bond donors (Lipinski definition) is 2. The largest absolute Gasteiger partial charge is 0.370 e. The van der Waals surface area contributed by atoms with Gasteiger partial charge in [-0.05, 0) is 37.0 Å². The number of aryl methyl sites for hydroxylation is 1. The Morgan fingerprint density at radius 1 is 1.50 bits per heavy atom. The molecule has 3 nitrogen and oxygen atoms in total. The number of benzene rings is 1. The van der Waals surface area contributed by atoms with Crippen LogP contribution in [0.4, 0.5) is 0 Å². The van der Waals surface area contributed by atoms with Crippen molar-refractivity contribution in [3.05, 3.63) is 47.5 Å². The zero-order chi connectivity index (χ0) is 13.2. The molecule has 3 heteroatoms. The summed E-state index contributed by atoms with van der Waals surface area (Å²) in [4.78, 5) is 4.51. The molecule has 0 amide bonds. The fourth-order valence-electron chi connectivity index (χ4n) is 2.49. The predicted octanol–water partition coefficient (Wildman–Crippen LogP) is 2.04. The van der Waals surface area contributed by atoms with Gasteiger partial charge in [0, 0.05) is 6.54 Å². The number of nitrogens with one attached hydrogen (secondary N) is 1. The molecule has 0 bridgehead atoms. The molecule has 1 aromatic carbocycles. The van der Waals surface area contributed by atoms with Gasteiger partial charge in [-0.2, -0.15) is 0 Å². The predicted molar refractivity (Wildman–Crippen MR) is 76.9 cm³/mol. The van der Waals surface area contributed by atoms with Gasteiger partial charge in [-0.25, -0.2) is 0 Å². The lowest BCUT2D eigenvalue weighted by atomic mass is 9.82. The SMILES string of the molecule is C=CCC(N)(C1=NCCN1)c1cccc(C)c1C. The summed E-state index contributed by atoms with van der Waals surface area (Å²) in [5.41, 5.74) is 9.69. The molecule has 0 fully saturated rings. The Hall–Kier alpha value is -1.61. The average Bonchev–Trinajstić information content (AvgIpc) is 2.87. The summed E-state index contributed by atoms with van der Waals surface area (Å²) in [7, 11) is 0. The highest BCUT2D eigenvalue weighted by molar-refractivity contribution is 5.94. The van der Waals surface area contributed by atoms with E-state index in [2.05, 4.69) is 48.9 Å². The lowest BCUT2D eigenvalue weighted by molar-refractivity contribution is 0.593. The number of hydrogen-bond acceptors (Lipinski definition) is 3. The van der Waals surface area contributed by atoms with Crippen molar-refractivity contribution in [2.75, 3.05) is 13.1 Å². The van der Waals surface area contributed by atoms with Gasteiger partial charge in [0.1, 0.15) is 11.4 Å². The van der Waals surface area contributed by atoms with Crippen LogP contribution in [0.5, 0.6) is 0 Å². The van der Waals surface area contributed by atoms with E-state index in [0.717, 1.165) is 24.5 Å². The second-order valence-corrected chi connectivity index (χ2v) is 4.87. The lowest BCUT2D eigenvalue weighted by Gasteiger charge is -2.31. The van der Waals surface area contributed by atoms with Crippen molar-refractivity contribution < 1.29 is 0 Å². The minimum absolute atomic E-state index is 0.575. The van der Waals surface area contributed by atoms with E-state index < -0.39 is 5.54 Å². The van der Waals surface area contributed by atoms with Gasteiger partial charge in [0.05, 0.1) is 6.54 Å². The summed E-state index contributed by atoms with van der Waals surface area (Å²) in [5, 5.41) is 3.30. The molecule has 0 saturated heterocycles. The molecule has 1 aromatic rings. The van der Waals surface area contributed by atoms with Crippen molar-refractivity contribution in [1.82, 2.24) is 5.32 Å². The molecule has 1 aliphatic heterocycles. The van der Waals surface area contributed by atoms with E-state index in [9.17, 15) is 0 Å². The van der Waals surface area contributed by atoms with Crippen LogP contribution in [0, 0.1) is 13.8 Å². The van der Waals surface area contributed by atoms with Crippen LogP contribution >= 0.6 is 0 Å². The Morgan fingerprint density at radius 2 is 2.28 bits per heavy atom. The number of nitrogens with two attached hydrogens (primary N) is 1. The minimum Gasteiger partial charge on any atom is -0.370 e. The maximum absolute atomic E-state index is 6.64. The number of rotatable bonds is 4. The molecule has 1 atom stereocenters. The van der Waals surface area contributed by atoms with Crippen LogP contribution in [0.2, 0.25) is 0 Å². The Bertz CT molecular complexity index is 491. The van der Waals surface area contributed by atoms with Gasteiger partial charge >= 0.3 is 0 Å². The molecule has 1 heterocycles. The van der Waals surface area contributed by atoms with Gasteiger partial charge in [-0.1, -0.05) is 24.3 Å². The molecule has 0 saturated carbocycles. The molecule has 0 radical (unpaired) electrons. The fraction of sp³-hybridized carbons (Fsp3) is 0.400. The summed E-state index contributed by atoms with van der Waals surface area (Å²) in [5.74, 6) is 0.885.